The first-order chi connectivity index (χ1) is 13.6. The number of benzene rings is 1. The standard InChI is InChI=1S/C23H35F3OSi/c1-2-3-4-11-28-12-9-19(10-13-28)17-5-7-18(8-6-17)20-14-21(25)23(27-16-24)22(26)15-20/h14-15,17-19,28H,2-13,16H2,1H3/t17?,18?,19-,28-. The molecule has 5 heteroatoms. The molecule has 0 spiro atoms. The smallest absolute Gasteiger partial charge is 0.228 e. The molecular formula is C23H35F3OSi. The summed E-state index contributed by atoms with van der Waals surface area (Å²) in [5, 5.41) is 0. The zero-order valence-electron chi connectivity index (χ0n) is 17.2. The third kappa shape index (κ3) is 5.55. The SMILES string of the molecule is CCCCC[Si@H]1CC[C@H](C2CCC(c3cc(F)c(OCF)c(F)c3)CC2)CC1. The maximum Gasteiger partial charge on any atom is 0.228 e. The van der Waals surface area contributed by atoms with E-state index in [4.69, 9.17) is 0 Å². The van der Waals surface area contributed by atoms with Crippen LogP contribution in [0.3, 0.4) is 0 Å². The fourth-order valence-electron chi connectivity index (χ4n) is 5.56. The molecule has 0 N–H and O–H groups in total. The lowest BCUT2D eigenvalue weighted by Gasteiger charge is -2.37. The van der Waals surface area contributed by atoms with E-state index in [-0.39, 0.29) is 5.92 Å². The summed E-state index contributed by atoms with van der Waals surface area (Å²) in [5.41, 5.74) is 0.701. The molecular weight excluding hydrogens is 377 g/mol. The lowest BCUT2D eigenvalue weighted by atomic mass is 9.72. The Kier molecular flexibility index (Phi) is 8.31. The highest BCUT2D eigenvalue weighted by Gasteiger charge is 2.32. The van der Waals surface area contributed by atoms with Gasteiger partial charge in [0.1, 0.15) is 0 Å². The second-order valence-electron chi connectivity index (χ2n) is 8.96. The topological polar surface area (TPSA) is 9.23 Å². The summed E-state index contributed by atoms with van der Waals surface area (Å²) < 4.78 is 44.8. The summed E-state index contributed by atoms with van der Waals surface area (Å²) in [5.74, 6) is -0.295. The van der Waals surface area contributed by atoms with Crippen molar-refractivity contribution in [2.24, 2.45) is 11.8 Å². The molecule has 3 rings (SSSR count). The zero-order chi connectivity index (χ0) is 19.9. The van der Waals surface area contributed by atoms with Gasteiger partial charge in [0.25, 0.3) is 0 Å². The molecule has 0 bridgehead atoms. The van der Waals surface area contributed by atoms with Gasteiger partial charge in [-0.2, -0.15) is 0 Å². The van der Waals surface area contributed by atoms with Crippen LogP contribution in [0, 0.1) is 23.5 Å². The molecule has 1 aromatic rings. The number of unbranched alkanes of at least 4 members (excludes halogenated alkanes) is 2. The van der Waals surface area contributed by atoms with Gasteiger partial charge in [-0.05, 0) is 61.1 Å². The Bertz CT molecular complexity index is 585. The largest absolute Gasteiger partial charge is 0.457 e. The van der Waals surface area contributed by atoms with Crippen molar-refractivity contribution in [2.75, 3.05) is 6.86 Å². The van der Waals surface area contributed by atoms with E-state index in [1.165, 1.54) is 69.2 Å². The van der Waals surface area contributed by atoms with Crippen LogP contribution in [0.5, 0.6) is 5.75 Å². The highest BCUT2D eigenvalue weighted by atomic mass is 28.3. The van der Waals surface area contributed by atoms with Crippen LogP contribution in [0.1, 0.15) is 76.2 Å². The minimum atomic E-state index is -1.22. The molecule has 0 radical (unpaired) electrons. The van der Waals surface area contributed by atoms with Crippen molar-refractivity contribution in [3.8, 4) is 5.75 Å². The normalized spacial score (nSPS) is 28.3. The molecule has 158 valence electrons. The van der Waals surface area contributed by atoms with E-state index in [0.29, 0.717) is 5.56 Å². The van der Waals surface area contributed by atoms with E-state index in [0.717, 1.165) is 24.7 Å². The minimum Gasteiger partial charge on any atom is -0.457 e. The first kappa shape index (κ1) is 21.7. The average Bonchev–Trinajstić information content (AvgIpc) is 2.71. The van der Waals surface area contributed by atoms with Crippen LogP contribution in [0.2, 0.25) is 18.1 Å². The Morgan fingerprint density at radius 3 is 2.11 bits per heavy atom. The van der Waals surface area contributed by atoms with Crippen LogP contribution in [0.15, 0.2) is 12.1 Å². The van der Waals surface area contributed by atoms with E-state index in [1.807, 2.05) is 0 Å². The predicted octanol–water partition coefficient (Wildman–Crippen LogP) is 7.37. The number of rotatable bonds is 8. The first-order valence-corrected chi connectivity index (χ1v) is 13.7. The third-order valence-corrected chi connectivity index (χ3v) is 10.8. The maximum absolute atomic E-state index is 14.0. The number of hydrogen-bond acceptors (Lipinski definition) is 1. The van der Waals surface area contributed by atoms with E-state index < -0.39 is 33.0 Å². The van der Waals surface area contributed by atoms with Crippen LogP contribution in [0.25, 0.3) is 0 Å². The molecule has 1 saturated heterocycles. The average molecular weight is 413 g/mol. The summed E-state index contributed by atoms with van der Waals surface area (Å²) in [6.07, 6.45) is 11.4. The molecule has 1 aliphatic heterocycles. The van der Waals surface area contributed by atoms with Gasteiger partial charge in [0.2, 0.25) is 6.86 Å². The molecule has 0 aromatic heterocycles. The molecule has 1 aliphatic carbocycles. The van der Waals surface area contributed by atoms with Crippen LogP contribution in [0.4, 0.5) is 13.2 Å². The van der Waals surface area contributed by atoms with Crippen LogP contribution >= 0.6 is 0 Å². The van der Waals surface area contributed by atoms with Gasteiger partial charge >= 0.3 is 0 Å². The van der Waals surface area contributed by atoms with Gasteiger partial charge in [-0.1, -0.05) is 57.2 Å². The van der Waals surface area contributed by atoms with E-state index in [2.05, 4.69) is 11.7 Å². The summed E-state index contributed by atoms with van der Waals surface area (Å²) in [7, 11) is -0.456. The molecule has 1 heterocycles. The van der Waals surface area contributed by atoms with Gasteiger partial charge in [-0.25, -0.2) is 13.2 Å². The van der Waals surface area contributed by atoms with Crippen molar-refractivity contribution < 1.29 is 17.9 Å². The van der Waals surface area contributed by atoms with Crippen molar-refractivity contribution in [3.63, 3.8) is 0 Å². The van der Waals surface area contributed by atoms with Gasteiger partial charge in [0.15, 0.2) is 17.4 Å². The Hall–Kier alpha value is -0.973. The van der Waals surface area contributed by atoms with Crippen LogP contribution in [-0.4, -0.2) is 15.7 Å². The first-order valence-electron chi connectivity index (χ1n) is 11.3. The van der Waals surface area contributed by atoms with Gasteiger partial charge < -0.3 is 4.74 Å². The highest BCUT2D eigenvalue weighted by Crippen LogP contribution is 2.44. The van der Waals surface area contributed by atoms with Crippen molar-refractivity contribution >= 4 is 8.80 Å². The van der Waals surface area contributed by atoms with Gasteiger partial charge in [-0.3, -0.25) is 0 Å². The number of hydrogen-bond donors (Lipinski definition) is 0. The molecule has 0 unspecified atom stereocenters. The van der Waals surface area contributed by atoms with Gasteiger partial charge in [0.05, 0.1) is 0 Å². The predicted molar refractivity (Wildman–Crippen MR) is 111 cm³/mol. The molecule has 0 atom stereocenters. The third-order valence-electron chi connectivity index (χ3n) is 7.24. The second-order valence-corrected chi connectivity index (χ2v) is 12.4. The molecule has 1 saturated carbocycles. The highest BCUT2D eigenvalue weighted by molar-refractivity contribution is 6.58. The van der Waals surface area contributed by atoms with Crippen LogP contribution in [-0.2, 0) is 0 Å². The quantitative estimate of drug-likeness (QED) is 0.320. The zero-order valence-corrected chi connectivity index (χ0v) is 18.4. The fourth-order valence-corrected chi connectivity index (χ4v) is 9.09. The Balaban J connectivity index is 1.47. The van der Waals surface area contributed by atoms with E-state index in [9.17, 15) is 13.2 Å². The molecule has 2 fully saturated rings. The molecule has 2 aliphatic rings. The summed E-state index contributed by atoms with van der Waals surface area (Å²) in [6.45, 7) is 1.06. The maximum atomic E-state index is 14.0. The fraction of sp³-hybridized carbons (Fsp3) is 0.739. The Morgan fingerprint density at radius 1 is 0.929 bits per heavy atom. The number of alkyl halides is 1. The summed E-state index contributed by atoms with van der Waals surface area (Å²) >= 11 is 0. The lowest BCUT2D eigenvalue weighted by molar-refractivity contribution is 0.176. The number of halogens is 3. The summed E-state index contributed by atoms with van der Waals surface area (Å²) in [4.78, 5) is 0. The van der Waals surface area contributed by atoms with Crippen molar-refractivity contribution in [3.05, 3.63) is 29.3 Å². The Labute approximate surface area is 169 Å². The molecule has 1 aromatic carbocycles. The van der Waals surface area contributed by atoms with E-state index in [1.54, 1.807) is 6.04 Å². The van der Waals surface area contributed by atoms with Crippen molar-refractivity contribution in [1.29, 1.82) is 0 Å². The van der Waals surface area contributed by atoms with E-state index >= 15 is 0 Å². The summed E-state index contributed by atoms with van der Waals surface area (Å²) in [6, 6.07) is 7.28. The second kappa shape index (κ2) is 10.7. The monoisotopic (exact) mass is 412 g/mol. The molecule has 28 heavy (non-hydrogen) atoms. The van der Waals surface area contributed by atoms with Crippen LogP contribution < -0.4 is 4.74 Å². The Morgan fingerprint density at radius 2 is 1.54 bits per heavy atom. The molecule has 1 nitrogen and oxygen atoms in total. The number of ether oxygens (including phenoxy) is 1. The van der Waals surface area contributed by atoms with Crippen molar-refractivity contribution in [2.45, 2.75) is 88.8 Å². The minimum absolute atomic E-state index is 0.208. The van der Waals surface area contributed by atoms with Gasteiger partial charge in [-0.15, -0.1) is 0 Å². The van der Waals surface area contributed by atoms with Crippen molar-refractivity contribution in [1.82, 2.24) is 0 Å². The lowest BCUT2D eigenvalue weighted by Crippen LogP contribution is -2.28. The van der Waals surface area contributed by atoms with Gasteiger partial charge in [0, 0.05) is 8.80 Å². The molecule has 0 amide bonds.